The lowest BCUT2D eigenvalue weighted by Gasteiger charge is -2.61. The minimum atomic E-state index is 0.106. The monoisotopic (exact) mass is 643 g/mol. The van der Waals surface area contributed by atoms with Gasteiger partial charge < -0.3 is 9.32 Å². The van der Waals surface area contributed by atoms with Gasteiger partial charge in [-0.1, -0.05) is 103 Å². The van der Waals surface area contributed by atoms with E-state index < -0.39 is 0 Å². The summed E-state index contributed by atoms with van der Waals surface area (Å²) in [6.07, 6.45) is 6.99. The molecule has 0 saturated heterocycles. The molecule has 50 heavy (non-hydrogen) atoms. The lowest BCUT2D eigenvalue weighted by molar-refractivity contribution is -0.0399. The summed E-state index contributed by atoms with van der Waals surface area (Å²) in [5.41, 5.74) is 11.6. The number of hydrogen-bond acceptors (Lipinski definition) is 2. The van der Waals surface area contributed by atoms with E-state index in [4.69, 9.17) is 4.42 Å². The smallest absolute Gasteiger partial charge is 0.137 e. The van der Waals surface area contributed by atoms with Crippen LogP contribution in [0.1, 0.15) is 43.2 Å². The van der Waals surface area contributed by atoms with E-state index >= 15 is 0 Å². The highest BCUT2D eigenvalue weighted by Crippen LogP contribution is 2.70. The standard InChI is InChI=1S/C48H37NO/c1-2-11-35-31(10-1)27-44(37-13-4-3-12-36(35)37)49(34-20-21-39-38-14-6-8-19-45(38)50-46(39)28-34)43-18-9-17-42-47(43)40-15-5-7-16-41(40)48(42)32-23-29-22-30(25-32)26-33(48)24-29/h1-21,27-30,32-33H,22-26H2. The Morgan fingerprint density at radius 2 is 1.14 bits per heavy atom. The second-order valence-electron chi connectivity index (χ2n) is 15.7. The number of anilines is 3. The molecule has 240 valence electrons. The molecule has 13 rings (SSSR count). The fourth-order valence-electron chi connectivity index (χ4n) is 11.8. The van der Waals surface area contributed by atoms with Crippen LogP contribution in [-0.4, -0.2) is 0 Å². The Morgan fingerprint density at radius 3 is 1.98 bits per heavy atom. The number of furan rings is 1. The Labute approximate surface area is 292 Å². The van der Waals surface area contributed by atoms with Crippen molar-refractivity contribution in [2.45, 2.75) is 37.5 Å². The first kappa shape index (κ1) is 27.5. The lowest BCUT2D eigenvalue weighted by Crippen LogP contribution is -2.55. The maximum atomic E-state index is 6.55. The summed E-state index contributed by atoms with van der Waals surface area (Å²) in [5, 5.41) is 7.39. The van der Waals surface area contributed by atoms with Gasteiger partial charge in [0.05, 0.1) is 11.4 Å². The molecular weight excluding hydrogens is 607 g/mol. The van der Waals surface area contributed by atoms with Crippen molar-refractivity contribution in [1.82, 2.24) is 0 Å². The molecule has 0 amide bonds. The average molecular weight is 644 g/mol. The molecule has 4 saturated carbocycles. The topological polar surface area (TPSA) is 16.4 Å². The van der Waals surface area contributed by atoms with Crippen molar-refractivity contribution in [2.24, 2.45) is 23.7 Å². The molecule has 1 spiro atoms. The molecule has 1 heterocycles. The lowest BCUT2D eigenvalue weighted by atomic mass is 9.43. The highest BCUT2D eigenvalue weighted by Gasteiger charge is 2.61. The molecule has 0 atom stereocenters. The number of rotatable bonds is 3. The summed E-state index contributed by atoms with van der Waals surface area (Å²) in [6.45, 7) is 0. The van der Waals surface area contributed by atoms with E-state index in [9.17, 15) is 0 Å². The van der Waals surface area contributed by atoms with Gasteiger partial charge in [0, 0.05) is 38.9 Å². The molecule has 1 aromatic heterocycles. The summed E-state index contributed by atoms with van der Waals surface area (Å²) in [6, 6.07) is 52.3. The van der Waals surface area contributed by atoms with E-state index in [1.165, 1.54) is 76.2 Å². The number of hydrogen-bond donors (Lipinski definition) is 0. The average Bonchev–Trinajstić information content (AvgIpc) is 3.68. The molecule has 0 aliphatic heterocycles. The number of fused-ring (bicyclic) bond motifs is 9. The first-order valence-electron chi connectivity index (χ1n) is 18.6. The molecule has 2 heteroatoms. The van der Waals surface area contributed by atoms with E-state index in [1.54, 1.807) is 11.1 Å². The molecule has 2 nitrogen and oxygen atoms in total. The molecule has 4 bridgehead atoms. The van der Waals surface area contributed by atoms with Crippen molar-refractivity contribution < 1.29 is 4.42 Å². The predicted molar refractivity (Wildman–Crippen MR) is 207 cm³/mol. The van der Waals surface area contributed by atoms with Crippen molar-refractivity contribution >= 4 is 60.5 Å². The largest absolute Gasteiger partial charge is 0.456 e. The Kier molecular flexibility index (Phi) is 5.43. The third-order valence-corrected chi connectivity index (χ3v) is 13.4. The molecule has 0 radical (unpaired) electrons. The van der Waals surface area contributed by atoms with Crippen LogP contribution < -0.4 is 4.90 Å². The summed E-state index contributed by atoms with van der Waals surface area (Å²) in [5.74, 6) is 3.27. The number of benzene rings is 7. The molecule has 4 fully saturated rings. The Hall–Kier alpha value is -5.34. The SMILES string of the molecule is c1ccc2c(c1)-c1c(N(c3ccc4c(c3)oc3ccccc34)c3cc4ccccc4c4ccccc34)cccc1C21C2CC3CC(C2)CC1C3. The Morgan fingerprint density at radius 1 is 0.480 bits per heavy atom. The minimum Gasteiger partial charge on any atom is -0.456 e. The van der Waals surface area contributed by atoms with Crippen LogP contribution in [0.3, 0.4) is 0 Å². The Bertz CT molecular complexity index is 2670. The van der Waals surface area contributed by atoms with Crippen LogP contribution in [0.5, 0.6) is 0 Å². The normalized spacial score (nSPS) is 24.5. The summed E-state index contributed by atoms with van der Waals surface area (Å²) >= 11 is 0. The second-order valence-corrected chi connectivity index (χ2v) is 15.7. The van der Waals surface area contributed by atoms with E-state index in [0.717, 1.165) is 51.3 Å². The van der Waals surface area contributed by atoms with Gasteiger partial charge >= 0.3 is 0 Å². The van der Waals surface area contributed by atoms with Gasteiger partial charge in [0.2, 0.25) is 0 Å². The Balaban J connectivity index is 1.18. The summed E-state index contributed by atoms with van der Waals surface area (Å²) < 4.78 is 6.55. The molecular formula is C48H37NO. The van der Waals surface area contributed by atoms with E-state index in [0.29, 0.717) is 0 Å². The third-order valence-electron chi connectivity index (χ3n) is 13.4. The molecule has 0 unspecified atom stereocenters. The maximum Gasteiger partial charge on any atom is 0.137 e. The van der Waals surface area contributed by atoms with Gasteiger partial charge in [-0.25, -0.2) is 0 Å². The zero-order valence-corrected chi connectivity index (χ0v) is 28.0. The van der Waals surface area contributed by atoms with Gasteiger partial charge in [-0.2, -0.15) is 0 Å². The zero-order chi connectivity index (χ0) is 32.6. The summed E-state index contributed by atoms with van der Waals surface area (Å²) in [7, 11) is 0. The van der Waals surface area contributed by atoms with Crippen molar-refractivity contribution in [3.63, 3.8) is 0 Å². The number of para-hydroxylation sites is 1. The summed E-state index contributed by atoms with van der Waals surface area (Å²) in [4.78, 5) is 2.56. The van der Waals surface area contributed by atoms with Crippen LogP contribution in [0, 0.1) is 23.7 Å². The van der Waals surface area contributed by atoms with E-state index in [1.807, 2.05) is 0 Å². The van der Waals surface area contributed by atoms with Crippen LogP contribution in [0.2, 0.25) is 0 Å². The van der Waals surface area contributed by atoms with Crippen LogP contribution >= 0.6 is 0 Å². The zero-order valence-electron chi connectivity index (χ0n) is 28.0. The molecule has 8 aromatic rings. The highest BCUT2D eigenvalue weighted by molar-refractivity contribution is 6.15. The van der Waals surface area contributed by atoms with E-state index in [2.05, 4.69) is 144 Å². The van der Waals surface area contributed by atoms with Gasteiger partial charge in [0.25, 0.3) is 0 Å². The molecule has 5 aliphatic rings. The predicted octanol–water partition coefficient (Wildman–Crippen LogP) is 13.1. The van der Waals surface area contributed by atoms with Gasteiger partial charge in [-0.05, 0) is 119 Å². The van der Waals surface area contributed by atoms with Crippen LogP contribution in [0.15, 0.2) is 144 Å². The van der Waals surface area contributed by atoms with Crippen molar-refractivity contribution in [3.8, 4) is 11.1 Å². The van der Waals surface area contributed by atoms with Crippen molar-refractivity contribution in [1.29, 1.82) is 0 Å². The minimum absolute atomic E-state index is 0.106. The third kappa shape index (κ3) is 3.49. The molecule has 7 aromatic carbocycles. The fraction of sp³-hybridized carbons (Fsp3) is 0.208. The van der Waals surface area contributed by atoms with Crippen LogP contribution in [0.4, 0.5) is 17.1 Å². The van der Waals surface area contributed by atoms with Crippen LogP contribution in [0.25, 0.3) is 54.6 Å². The van der Waals surface area contributed by atoms with Crippen molar-refractivity contribution in [3.05, 3.63) is 151 Å². The van der Waals surface area contributed by atoms with Gasteiger partial charge in [-0.15, -0.1) is 0 Å². The van der Waals surface area contributed by atoms with Gasteiger partial charge in [0.15, 0.2) is 0 Å². The fourth-order valence-corrected chi connectivity index (χ4v) is 11.8. The first-order chi connectivity index (χ1) is 24.8. The van der Waals surface area contributed by atoms with E-state index in [-0.39, 0.29) is 5.41 Å². The number of nitrogens with zero attached hydrogens (tertiary/aromatic N) is 1. The molecule has 0 N–H and O–H groups in total. The highest BCUT2D eigenvalue weighted by atomic mass is 16.3. The van der Waals surface area contributed by atoms with Gasteiger partial charge in [0.1, 0.15) is 11.2 Å². The quantitative estimate of drug-likeness (QED) is 0.178. The van der Waals surface area contributed by atoms with Crippen molar-refractivity contribution in [2.75, 3.05) is 4.90 Å². The second kappa shape index (κ2) is 9.88. The maximum absolute atomic E-state index is 6.55. The molecule has 5 aliphatic carbocycles. The van der Waals surface area contributed by atoms with Gasteiger partial charge in [-0.3, -0.25) is 0 Å². The first-order valence-corrected chi connectivity index (χ1v) is 18.6. The van der Waals surface area contributed by atoms with Crippen LogP contribution in [-0.2, 0) is 5.41 Å².